The van der Waals surface area contributed by atoms with Gasteiger partial charge in [-0.05, 0) is 17.0 Å². The average molecular weight is 242 g/mol. The molecule has 1 saturated heterocycles. The molecule has 2 unspecified atom stereocenters. The molecule has 1 heterocycles. The summed E-state index contributed by atoms with van der Waals surface area (Å²) < 4.78 is 10.4. The zero-order valence-electron chi connectivity index (χ0n) is 9.54. The number of aliphatic hydroxyl groups excluding tert-OH is 1. The molecule has 1 aliphatic rings. The van der Waals surface area contributed by atoms with Crippen molar-refractivity contribution in [3.05, 3.63) is 20.9 Å². The summed E-state index contributed by atoms with van der Waals surface area (Å²) in [4.78, 5) is 5.31. The Morgan fingerprint density at radius 2 is 2.12 bits per heavy atom. The normalized spacial score (nSPS) is 36.8. The Kier molecular flexibility index (Phi) is 5.02. The summed E-state index contributed by atoms with van der Waals surface area (Å²) in [7, 11) is 1.42. The number of azide groups is 2. The number of nitrogens with zero attached hydrogens (tertiary/aromatic N) is 6. The first-order chi connectivity index (χ1) is 8.15. The van der Waals surface area contributed by atoms with Gasteiger partial charge in [-0.1, -0.05) is 17.2 Å². The number of rotatable bonds is 4. The number of ether oxygens (including phenoxy) is 2. The molecule has 1 rings (SSSR count). The van der Waals surface area contributed by atoms with Gasteiger partial charge in [0.2, 0.25) is 0 Å². The topological polar surface area (TPSA) is 136 Å². The smallest absolute Gasteiger partial charge is 0.166 e. The summed E-state index contributed by atoms with van der Waals surface area (Å²) in [6.45, 7) is 1.73. The Morgan fingerprint density at radius 1 is 1.41 bits per heavy atom. The maximum atomic E-state index is 9.93. The second-order valence-corrected chi connectivity index (χ2v) is 3.74. The van der Waals surface area contributed by atoms with Crippen molar-refractivity contribution in [1.82, 2.24) is 0 Å². The molecule has 0 aromatic rings. The first kappa shape index (κ1) is 13.6. The Hall–Kier alpha value is -1.50. The Labute approximate surface area is 97.6 Å². The van der Waals surface area contributed by atoms with Gasteiger partial charge < -0.3 is 14.6 Å². The number of methoxy groups -OCH3 is 1. The highest BCUT2D eigenvalue weighted by molar-refractivity contribution is 4.92. The van der Waals surface area contributed by atoms with E-state index in [2.05, 4.69) is 20.1 Å². The first-order valence-corrected chi connectivity index (χ1v) is 5.07. The third-order valence-corrected chi connectivity index (χ3v) is 2.79. The van der Waals surface area contributed by atoms with Gasteiger partial charge in [-0.15, -0.1) is 0 Å². The molecule has 0 amide bonds. The molecule has 0 aliphatic carbocycles. The predicted molar refractivity (Wildman–Crippen MR) is 57.8 cm³/mol. The van der Waals surface area contributed by atoms with Crippen LogP contribution in [0.5, 0.6) is 0 Å². The second kappa shape index (κ2) is 6.29. The van der Waals surface area contributed by atoms with Gasteiger partial charge in [-0.25, -0.2) is 0 Å². The standard InChI is InChI=1S/C8H14N6O3/c1-4-6(12-14-10)8(16-2)17-5(7(4)15)3-11-13-9/h4-8,15H,3H2,1-2H3/t4?,5?,6-,7-,8-/m1/s1. The molecule has 5 atom stereocenters. The minimum absolute atomic E-state index is 0.00482. The molecular formula is C8H14N6O3. The molecule has 9 heteroatoms. The number of aliphatic hydroxyl groups is 1. The lowest BCUT2D eigenvalue weighted by molar-refractivity contribution is -0.233. The highest BCUT2D eigenvalue weighted by Gasteiger charge is 2.42. The van der Waals surface area contributed by atoms with E-state index < -0.39 is 24.5 Å². The molecule has 0 aromatic heterocycles. The lowest BCUT2D eigenvalue weighted by atomic mass is 9.89. The van der Waals surface area contributed by atoms with Crippen molar-refractivity contribution in [1.29, 1.82) is 0 Å². The molecule has 0 bridgehead atoms. The van der Waals surface area contributed by atoms with Crippen molar-refractivity contribution in [2.75, 3.05) is 13.7 Å². The van der Waals surface area contributed by atoms with Gasteiger partial charge in [-0.3, -0.25) is 0 Å². The van der Waals surface area contributed by atoms with Crippen molar-refractivity contribution in [3.8, 4) is 0 Å². The summed E-state index contributed by atoms with van der Waals surface area (Å²) in [6.07, 6.45) is -2.28. The third kappa shape index (κ3) is 3.00. The minimum atomic E-state index is -0.873. The van der Waals surface area contributed by atoms with Crippen molar-refractivity contribution >= 4 is 0 Å². The van der Waals surface area contributed by atoms with E-state index in [0.29, 0.717) is 0 Å². The van der Waals surface area contributed by atoms with Crippen LogP contribution in [0.25, 0.3) is 20.9 Å². The van der Waals surface area contributed by atoms with Gasteiger partial charge in [-0.2, -0.15) is 0 Å². The van der Waals surface area contributed by atoms with Gasteiger partial charge in [0.25, 0.3) is 0 Å². The lowest BCUT2D eigenvalue weighted by Gasteiger charge is -2.40. The minimum Gasteiger partial charge on any atom is -0.390 e. The number of hydrogen-bond acceptors (Lipinski definition) is 5. The van der Waals surface area contributed by atoms with Crippen molar-refractivity contribution in [3.63, 3.8) is 0 Å². The maximum Gasteiger partial charge on any atom is 0.166 e. The molecule has 17 heavy (non-hydrogen) atoms. The molecule has 0 spiro atoms. The molecular weight excluding hydrogens is 228 g/mol. The fourth-order valence-corrected chi connectivity index (χ4v) is 1.80. The summed E-state index contributed by atoms with van der Waals surface area (Å²) in [5.41, 5.74) is 16.7. The zero-order valence-corrected chi connectivity index (χ0v) is 9.54. The van der Waals surface area contributed by atoms with Crippen molar-refractivity contribution in [2.45, 2.75) is 31.5 Å². The molecule has 1 fully saturated rings. The summed E-state index contributed by atoms with van der Waals surface area (Å²) in [5.74, 6) is -0.344. The van der Waals surface area contributed by atoms with E-state index in [1.54, 1.807) is 6.92 Å². The van der Waals surface area contributed by atoms with E-state index in [0.717, 1.165) is 0 Å². The van der Waals surface area contributed by atoms with Crippen LogP contribution in [0.3, 0.4) is 0 Å². The Bertz CT molecular complexity index is 347. The van der Waals surface area contributed by atoms with E-state index >= 15 is 0 Å². The first-order valence-electron chi connectivity index (χ1n) is 5.07. The van der Waals surface area contributed by atoms with Crippen LogP contribution in [0.15, 0.2) is 10.2 Å². The van der Waals surface area contributed by atoms with E-state index in [4.69, 9.17) is 20.5 Å². The lowest BCUT2D eigenvalue weighted by Crippen LogP contribution is -2.53. The maximum absolute atomic E-state index is 9.93. The highest BCUT2D eigenvalue weighted by atomic mass is 16.7. The van der Waals surface area contributed by atoms with Crippen molar-refractivity contribution in [2.24, 2.45) is 16.1 Å². The number of hydrogen-bond donors (Lipinski definition) is 1. The van der Waals surface area contributed by atoms with Crippen LogP contribution < -0.4 is 0 Å². The Balaban J connectivity index is 2.84. The van der Waals surface area contributed by atoms with Crippen LogP contribution in [0.4, 0.5) is 0 Å². The molecule has 1 N–H and O–H groups in total. The molecule has 0 radical (unpaired) electrons. The van der Waals surface area contributed by atoms with E-state index in [9.17, 15) is 5.11 Å². The quantitative estimate of drug-likeness (QED) is 0.452. The van der Waals surface area contributed by atoms with Crippen LogP contribution >= 0.6 is 0 Å². The average Bonchev–Trinajstić information content (AvgIpc) is 2.34. The van der Waals surface area contributed by atoms with E-state index in [1.165, 1.54) is 7.11 Å². The van der Waals surface area contributed by atoms with E-state index in [1.807, 2.05) is 0 Å². The fourth-order valence-electron chi connectivity index (χ4n) is 1.80. The predicted octanol–water partition coefficient (Wildman–Crippen LogP) is 1.34. The highest BCUT2D eigenvalue weighted by Crippen LogP contribution is 2.29. The second-order valence-electron chi connectivity index (χ2n) is 3.74. The van der Waals surface area contributed by atoms with Gasteiger partial charge in [0.15, 0.2) is 6.29 Å². The van der Waals surface area contributed by atoms with Crippen LogP contribution in [-0.2, 0) is 9.47 Å². The molecule has 0 saturated carbocycles. The van der Waals surface area contributed by atoms with Crippen LogP contribution in [0.1, 0.15) is 6.92 Å². The molecule has 0 aromatic carbocycles. The fraction of sp³-hybridized carbons (Fsp3) is 1.00. The van der Waals surface area contributed by atoms with Crippen LogP contribution in [0.2, 0.25) is 0 Å². The molecule has 94 valence electrons. The molecule has 9 nitrogen and oxygen atoms in total. The third-order valence-electron chi connectivity index (χ3n) is 2.79. The van der Waals surface area contributed by atoms with Gasteiger partial charge >= 0.3 is 0 Å². The van der Waals surface area contributed by atoms with Gasteiger partial charge in [0.05, 0.1) is 24.8 Å². The largest absolute Gasteiger partial charge is 0.390 e. The van der Waals surface area contributed by atoms with Crippen LogP contribution in [0, 0.1) is 5.92 Å². The monoisotopic (exact) mass is 242 g/mol. The van der Waals surface area contributed by atoms with Gasteiger partial charge in [0.1, 0.15) is 0 Å². The summed E-state index contributed by atoms with van der Waals surface area (Å²) in [6, 6.07) is -0.609. The Morgan fingerprint density at radius 3 is 2.65 bits per heavy atom. The summed E-state index contributed by atoms with van der Waals surface area (Å²) >= 11 is 0. The molecule has 1 aliphatic heterocycles. The zero-order chi connectivity index (χ0) is 12.8. The van der Waals surface area contributed by atoms with Crippen LogP contribution in [-0.4, -0.2) is 43.3 Å². The van der Waals surface area contributed by atoms with E-state index in [-0.39, 0.29) is 12.5 Å². The SMILES string of the molecule is CO[C@@H]1OC(CN=[N+]=[N-])[C@H](O)C(C)[C@H]1N=[N+]=[N-]. The summed E-state index contributed by atoms with van der Waals surface area (Å²) in [5, 5.41) is 16.8. The van der Waals surface area contributed by atoms with Gasteiger partial charge in [0, 0.05) is 16.9 Å². The van der Waals surface area contributed by atoms with Crippen molar-refractivity contribution < 1.29 is 14.6 Å².